The van der Waals surface area contributed by atoms with Gasteiger partial charge in [-0.1, -0.05) is 13.8 Å². The number of hydrogen-bond donors (Lipinski definition) is 1. The molecule has 1 heterocycles. The Bertz CT molecular complexity index is 439. The standard InChI is InChI=1S/C17H31N3O/c1-5-15-11-16(20(6-2)19-15)12-17(3,14-7-8-14)13-18-9-10-21-4/h11,14,18H,5-10,12-13H2,1-4H3. The highest BCUT2D eigenvalue weighted by molar-refractivity contribution is 5.14. The van der Waals surface area contributed by atoms with Gasteiger partial charge in [0.2, 0.25) is 0 Å². The number of aromatic nitrogens is 2. The van der Waals surface area contributed by atoms with E-state index in [0.717, 1.165) is 45.0 Å². The Balaban J connectivity index is 2.03. The highest BCUT2D eigenvalue weighted by atomic mass is 16.5. The molecule has 0 aromatic carbocycles. The van der Waals surface area contributed by atoms with Crippen LogP contribution in [0.2, 0.25) is 0 Å². The number of ether oxygens (including phenoxy) is 1. The molecule has 21 heavy (non-hydrogen) atoms. The molecule has 1 atom stereocenters. The number of nitrogens with zero attached hydrogens (tertiary/aromatic N) is 2. The van der Waals surface area contributed by atoms with E-state index in [1.807, 2.05) is 0 Å². The molecule has 1 aromatic heterocycles. The summed E-state index contributed by atoms with van der Waals surface area (Å²) in [5.74, 6) is 0.859. The normalized spacial score (nSPS) is 17.9. The summed E-state index contributed by atoms with van der Waals surface area (Å²) < 4.78 is 7.32. The molecule has 120 valence electrons. The second kappa shape index (κ2) is 7.41. The molecular weight excluding hydrogens is 262 g/mol. The minimum Gasteiger partial charge on any atom is -0.383 e. The Morgan fingerprint density at radius 2 is 2.19 bits per heavy atom. The zero-order valence-electron chi connectivity index (χ0n) is 14.1. The minimum absolute atomic E-state index is 0.339. The van der Waals surface area contributed by atoms with Crippen molar-refractivity contribution in [2.45, 2.75) is 53.0 Å². The maximum Gasteiger partial charge on any atom is 0.0624 e. The third-order valence-electron chi connectivity index (χ3n) is 4.74. The summed E-state index contributed by atoms with van der Waals surface area (Å²) in [6, 6.07) is 2.30. The van der Waals surface area contributed by atoms with Gasteiger partial charge in [-0.3, -0.25) is 4.68 Å². The third kappa shape index (κ3) is 4.30. The van der Waals surface area contributed by atoms with Gasteiger partial charge >= 0.3 is 0 Å². The Morgan fingerprint density at radius 3 is 2.76 bits per heavy atom. The predicted molar refractivity (Wildman–Crippen MR) is 86.6 cm³/mol. The van der Waals surface area contributed by atoms with Gasteiger partial charge in [0.05, 0.1) is 12.3 Å². The Hall–Kier alpha value is -0.870. The van der Waals surface area contributed by atoms with Crippen LogP contribution in [0.25, 0.3) is 0 Å². The fourth-order valence-corrected chi connectivity index (χ4v) is 3.20. The number of rotatable bonds is 10. The molecule has 4 heteroatoms. The first-order chi connectivity index (χ1) is 10.1. The smallest absolute Gasteiger partial charge is 0.0624 e. The molecule has 1 N–H and O–H groups in total. The van der Waals surface area contributed by atoms with E-state index in [9.17, 15) is 0 Å². The van der Waals surface area contributed by atoms with E-state index in [0.29, 0.717) is 5.41 Å². The number of aryl methyl sites for hydroxylation is 2. The molecule has 1 aromatic rings. The molecule has 0 aliphatic heterocycles. The molecular formula is C17H31N3O. The molecule has 1 aliphatic carbocycles. The van der Waals surface area contributed by atoms with Gasteiger partial charge in [-0.15, -0.1) is 0 Å². The van der Waals surface area contributed by atoms with Gasteiger partial charge in [-0.2, -0.15) is 5.10 Å². The Labute approximate surface area is 129 Å². The van der Waals surface area contributed by atoms with Crippen molar-refractivity contribution in [1.29, 1.82) is 0 Å². The summed E-state index contributed by atoms with van der Waals surface area (Å²) in [5.41, 5.74) is 2.96. The highest BCUT2D eigenvalue weighted by Crippen LogP contribution is 2.47. The van der Waals surface area contributed by atoms with Crippen molar-refractivity contribution in [1.82, 2.24) is 15.1 Å². The highest BCUT2D eigenvalue weighted by Gasteiger charge is 2.41. The summed E-state index contributed by atoms with van der Waals surface area (Å²) in [6.07, 6.45) is 4.90. The van der Waals surface area contributed by atoms with E-state index in [-0.39, 0.29) is 0 Å². The van der Waals surface area contributed by atoms with Crippen molar-refractivity contribution in [3.05, 3.63) is 17.5 Å². The fourth-order valence-electron chi connectivity index (χ4n) is 3.20. The monoisotopic (exact) mass is 293 g/mol. The summed E-state index contributed by atoms with van der Waals surface area (Å²) >= 11 is 0. The second-order valence-electron chi connectivity index (χ2n) is 6.57. The third-order valence-corrected chi connectivity index (χ3v) is 4.74. The van der Waals surface area contributed by atoms with Crippen LogP contribution in [0.1, 0.15) is 45.0 Å². The first kappa shape index (κ1) is 16.5. The van der Waals surface area contributed by atoms with E-state index in [2.05, 4.69) is 36.8 Å². The van der Waals surface area contributed by atoms with Gasteiger partial charge in [0, 0.05) is 32.4 Å². The zero-order chi connectivity index (χ0) is 15.3. The van der Waals surface area contributed by atoms with Gasteiger partial charge in [0.25, 0.3) is 0 Å². The first-order valence-corrected chi connectivity index (χ1v) is 8.38. The summed E-state index contributed by atoms with van der Waals surface area (Å²) in [7, 11) is 1.76. The van der Waals surface area contributed by atoms with Crippen LogP contribution in [-0.2, 0) is 24.1 Å². The summed E-state index contributed by atoms with van der Waals surface area (Å²) in [4.78, 5) is 0. The van der Waals surface area contributed by atoms with Gasteiger partial charge < -0.3 is 10.1 Å². The van der Waals surface area contributed by atoms with E-state index >= 15 is 0 Å². The molecule has 1 unspecified atom stereocenters. The van der Waals surface area contributed by atoms with Crippen LogP contribution < -0.4 is 5.32 Å². The van der Waals surface area contributed by atoms with Crippen LogP contribution >= 0.6 is 0 Å². The molecule has 0 spiro atoms. The van der Waals surface area contributed by atoms with Crippen molar-refractivity contribution in [2.75, 3.05) is 26.8 Å². The molecule has 1 saturated carbocycles. The van der Waals surface area contributed by atoms with Crippen molar-refractivity contribution < 1.29 is 4.74 Å². The van der Waals surface area contributed by atoms with Crippen LogP contribution in [0.3, 0.4) is 0 Å². The van der Waals surface area contributed by atoms with Crippen LogP contribution in [0, 0.1) is 11.3 Å². The average molecular weight is 293 g/mol. The zero-order valence-corrected chi connectivity index (χ0v) is 14.1. The van der Waals surface area contributed by atoms with Gasteiger partial charge in [-0.25, -0.2) is 0 Å². The minimum atomic E-state index is 0.339. The Morgan fingerprint density at radius 1 is 1.43 bits per heavy atom. The van der Waals surface area contributed by atoms with Crippen LogP contribution in [0.5, 0.6) is 0 Å². The van der Waals surface area contributed by atoms with Crippen molar-refractivity contribution in [3.63, 3.8) is 0 Å². The van der Waals surface area contributed by atoms with Gasteiger partial charge in [0.1, 0.15) is 0 Å². The summed E-state index contributed by atoms with van der Waals surface area (Å²) in [6.45, 7) is 10.5. The molecule has 4 nitrogen and oxygen atoms in total. The molecule has 1 aliphatic rings. The first-order valence-electron chi connectivity index (χ1n) is 8.38. The topological polar surface area (TPSA) is 39.1 Å². The predicted octanol–water partition coefficient (Wildman–Crippen LogP) is 2.66. The number of methoxy groups -OCH3 is 1. The van der Waals surface area contributed by atoms with E-state index in [1.54, 1.807) is 7.11 Å². The molecule has 0 radical (unpaired) electrons. The SMILES string of the molecule is CCc1cc(CC(C)(CNCCOC)C2CC2)n(CC)n1. The van der Waals surface area contributed by atoms with Gasteiger partial charge in [-0.05, 0) is 50.0 Å². The summed E-state index contributed by atoms with van der Waals surface area (Å²) in [5, 5.41) is 8.27. The van der Waals surface area contributed by atoms with E-state index < -0.39 is 0 Å². The Kier molecular flexibility index (Phi) is 5.82. The number of nitrogens with one attached hydrogen (secondary N) is 1. The fraction of sp³-hybridized carbons (Fsp3) is 0.824. The average Bonchev–Trinajstić information content (AvgIpc) is 3.27. The lowest BCUT2D eigenvalue weighted by Crippen LogP contribution is -2.37. The lowest BCUT2D eigenvalue weighted by molar-refractivity contribution is 0.186. The maximum atomic E-state index is 5.13. The molecule has 0 bridgehead atoms. The lowest BCUT2D eigenvalue weighted by Gasteiger charge is -2.30. The largest absolute Gasteiger partial charge is 0.383 e. The van der Waals surface area contributed by atoms with E-state index in [4.69, 9.17) is 9.84 Å². The maximum absolute atomic E-state index is 5.13. The molecule has 1 fully saturated rings. The van der Waals surface area contributed by atoms with Crippen molar-refractivity contribution in [3.8, 4) is 0 Å². The van der Waals surface area contributed by atoms with Crippen LogP contribution in [0.15, 0.2) is 6.07 Å². The molecule has 0 saturated heterocycles. The quantitative estimate of drug-likeness (QED) is 0.674. The molecule has 2 rings (SSSR count). The van der Waals surface area contributed by atoms with Gasteiger partial charge in [0.15, 0.2) is 0 Å². The van der Waals surface area contributed by atoms with Crippen LogP contribution in [-0.4, -0.2) is 36.6 Å². The van der Waals surface area contributed by atoms with Crippen molar-refractivity contribution in [2.24, 2.45) is 11.3 Å². The lowest BCUT2D eigenvalue weighted by atomic mass is 9.80. The van der Waals surface area contributed by atoms with Crippen molar-refractivity contribution >= 4 is 0 Å². The van der Waals surface area contributed by atoms with E-state index in [1.165, 1.54) is 24.2 Å². The van der Waals surface area contributed by atoms with Crippen LogP contribution in [0.4, 0.5) is 0 Å². The second-order valence-corrected chi connectivity index (χ2v) is 6.57. The number of hydrogen-bond acceptors (Lipinski definition) is 3. The molecule has 0 amide bonds.